The van der Waals surface area contributed by atoms with E-state index in [4.69, 9.17) is 5.73 Å². The topological polar surface area (TPSA) is 51.8 Å². The van der Waals surface area contributed by atoms with Gasteiger partial charge in [0.1, 0.15) is 5.82 Å². The number of hydrogen-bond donors (Lipinski definition) is 1. The van der Waals surface area contributed by atoms with E-state index in [9.17, 15) is 4.39 Å². The zero-order chi connectivity index (χ0) is 13.8. The van der Waals surface area contributed by atoms with Gasteiger partial charge in [-0.25, -0.2) is 14.4 Å². The van der Waals surface area contributed by atoms with Gasteiger partial charge in [0.15, 0.2) is 5.82 Å². The molecule has 0 aliphatic carbocycles. The molecule has 1 atom stereocenters. The summed E-state index contributed by atoms with van der Waals surface area (Å²) in [6.07, 6.45) is 5.20. The van der Waals surface area contributed by atoms with Gasteiger partial charge in [0.25, 0.3) is 0 Å². The van der Waals surface area contributed by atoms with Gasteiger partial charge in [0.05, 0.1) is 0 Å². The SMILES string of the molecule is CCC(N)Cc1cnc(-c2ccc(C)c(F)c2)nc1. The Hall–Kier alpha value is -1.81. The molecule has 100 valence electrons. The Morgan fingerprint density at radius 1 is 1.26 bits per heavy atom. The Morgan fingerprint density at radius 2 is 1.95 bits per heavy atom. The first kappa shape index (κ1) is 13.6. The molecule has 0 spiro atoms. The predicted octanol–water partition coefficient (Wildman–Crippen LogP) is 2.87. The number of aromatic nitrogens is 2. The first-order valence-corrected chi connectivity index (χ1v) is 6.43. The second-order valence-corrected chi connectivity index (χ2v) is 4.75. The van der Waals surface area contributed by atoms with E-state index in [2.05, 4.69) is 16.9 Å². The molecule has 1 unspecified atom stereocenters. The van der Waals surface area contributed by atoms with Crippen LogP contribution < -0.4 is 5.73 Å². The van der Waals surface area contributed by atoms with Crippen LogP contribution in [0.5, 0.6) is 0 Å². The number of hydrogen-bond acceptors (Lipinski definition) is 3. The number of halogens is 1. The fourth-order valence-corrected chi connectivity index (χ4v) is 1.79. The third kappa shape index (κ3) is 3.35. The smallest absolute Gasteiger partial charge is 0.159 e. The molecule has 19 heavy (non-hydrogen) atoms. The summed E-state index contributed by atoms with van der Waals surface area (Å²) in [7, 11) is 0. The minimum atomic E-state index is -0.238. The molecule has 2 rings (SSSR count). The summed E-state index contributed by atoms with van der Waals surface area (Å²) < 4.78 is 13.5. The fraction of sp³-hybridized carbons (Fsp3) is 0.333. The summed E-state index contributed by atoms with van der Waals surface area (Å²) in [6, 6.07) is 5.15. The maximum Gasteiger partial charge on any atom is 0.159 e. The largest absolute Gasteiger partial charge is 0.327 e. The molecule has 2 aromatic rings. The molecule has 0 fully saturated rings. The molecule has 0 saturated carbocycles. The van der Waals surface area contributed by atoms with Gasteiger partial charge in [-0.3, -0.25) is 0 Å². The standard InChI is InChI=1S/C15H18FN3/c1-3-13(17)6-11-8-18-15(19-9-11)12-5-4-10(2)14(16)7-12/h4-5,7-9,13H,3,6,17H2,1-2H3. The molecule has 3 nitrogen and oxygen atoms in total. The third-order valence-electron chi connectivity index (χ3n) is 3.16. The van der Waals surface area contributed by atoms with Gasteiger partial charge in [0, 0.05) is 24.0 Å². The highest BCUT2D eigenvalue weighted by Crippen LogP contribution is 2.18. The molecule has 4 heteroatoms. The molecule has 0 radical (unpaired) electrons. The maximum absolute atomic E-state index is 13.5. The van der Waals surface area contributed by atoms with Crippen molar-refractivity contribution in [2.75, 3.05) is 0 Å². The van der Waals surface area contributed by atoms with Gasteiger partial charge in [-0.05, 0) is 37.0 Å². The molecule has 0 aliphatic rings. The van der Waals surface area contributed by atoms with E-state index in [1.165, 1.54) is 6.07 Å². The second kappa shape index (κ2) is 5.89. The predicted molar refractivity (Wildman–Crippen MR) is 74.1 cm³/mol. The van der Waals surface area contributed by atoms with Crippen LogP contribution in [0.2, 0.25) is 0 Å². The zero-order valence-corrected chi connectivity index (χ0v) is 11.2. The summed E-state index contributed by atoms with van der Waals surface area (Å²) in [6.45, 7) is 3.78. The van der Waals surface area contributed by atoms with Crippen molar-refractivity contribution in [1.82, 2.24) is 9.97 Å². The molecular formula is C15H18FN3. The average molecular weight is 259 g/mol. The first-order valence-electron chi connectivity index (χ1n) is 6.43. The average Bonchev–Trinajstić information content (AvgIpc) is 2.42. The van der Waals surface area contributed by atoms with E-state index < -0.39 is 0 Å². The highest BCUT2D eigenvalue weighted by Gasteiger charge is 2.06. The highest BCUT2D eigenvalue weighted by molar-refractivity contribution is 5.55. The van der Waals surface area contributed by atoms with Crippen LogP contribution in [-0.2, 0) is 6.42 Å². The van der Waals surface area contributed by atoms with Crippen LogP contribution in [0.15, 0.2) is 30.6 Å². The van der Waals surface area contributed by atoms with Crippen molar-refractivity contribution in [3.8, 4) is 11.4 Å². The minimum Gasteiger partial charge on any atom is -0.327 e. The Morgan fingerprint density at radius 3 is 2.53 bits per heavy atom. The summed E-state index contributed by atoms with van der Waals surface area (Å²) >= 11 is 0. The van der Waals surface area contributed by atoms with E-state index in [-0.39, 0.29) is 11.9 Å². The second-order valence-electron chi connectivity index (χ2n) is 4.75. The van der Waals surface area contributed by atoms with Crippen LogP contribution in [0.25, 0.3) is 11.4 Å². The molecule has 1 heterocycles. The van der Waals surface area contributed by atoms with E-state index in [1.54, 1.807) is 25.4 Å². The van der Waals surface area contributed by atoms with Gasteiger partial charge in [-0.1, -0.05) is 19.1 Å². The lowest BCUT2D eigenvalue weighted by molar-refractivity contribution is 0.619. The van der Waals surface area contributed by atoms with E-state index in [0.29, 0.717) is 17.0 Å². The Labute approximate surface area is 112 Å². The molecule has 1 aromatic heterocycles. The van der Waals surface area contributed by atoms with Crippen molar-refractivity contribution in [1.29, 1.82) is 0 Å². The highest BCUT2D eigenvalue weighted by atomic mass is 19.1. The Bertz CT molecular complexity index is 552. The summed E-state index contributed by atoms with van der Waals surface area (Å²) in [5, 5.41) is 0. The number of nitrogens with zero attached hydrogens (tertiary/aromatic N) is 2. The first-order chi connectivity index (χ1) is 9.10. The van der Waals surface area contributed by atoms with Crippen molar-refractivity contribution < 1.29 is 4.39 Å². The lowest BCUT2D eigenvalue weighted by Crippen LogP contribution is -2.21. The van der Waals surface area contributed by atoms with Crippen LogP contribution in [0.1, 0.15) is 24.5 Å². The fourth-order valence-electron chi connectivity index (χ4n) is 1.79. The van der Waals surface area contributed by atoms with Crippen LogP contribution in [0.4, 0.5) is 4.39 Å². The number of benzene rings is 1. The van der Waals surface area contributed by atoms with Crippen LogP contribution in [0.3, 0.4) is 0 Å². The van der Waals surface area contributed by atoms with Crippen molar-refractivity contribution >= 4 is 0 Å². The molecule has 0 bridgehead atoms. The Balaban J connectivity index is 2.20. The lowest BCUT2D eigenvalue weighted by atomic mass is 10.1. The number of rotatable bonds is 4. The molecular weight excluding hydrogens is 241 g/mol. The summed E-state index contributed by atoms with van der Waals surface area (Å²) in [4.78, 5) is 8.55. The summed E-state index contributed by atoms with van der Waals surface area (Å²) in [5.41, 5.74) is 8.20. The minimum absolute atomic E-state index is 0.131. The van der Waals surface area contributed by atoms with Gasteiger partial charge in [-0.15, -0.1) is 0 Å². The zero-order valence-electron chi connectivity index (χ0n) is 11.2. The molecule has 2 N–H and O–H groups in total. The van der Waals surface area contributed by atoms with Gasteiger partial charge in [-0.2, -0.15) is 0 Å². The molecule has 0 saturated heterocycles. The normalized spacial score (nSPS) is 12.4. The van der Waals surface area contributed by atoms with Crippen molar-refractivity contribution in [3.05, 3.63) is 47.5 Å². The van der Waals surface area contributed by atoms with Crippen LogP contribution >= 0.6 is 0 Å². The van der Waals surface area contributed by atoms with E-state index in [0.717, 1.165) is 18.4 Å². The van der Waals surface area contributed by atoms with Gasteiger partial charge in [0.2, 0.25) is 0 Å². The maximum atomic E-state index is 13.5. The van der Waals surface area contributed by atoms with E-state index in [1.807, 2.05) is 6.07 Å². The monoisotopic (exact) mass is 259 g/mol. The molecule has 0 amide bonds. The number of aryl methyl sites for hydroxylation is 1. The van der Waals surface area contributed by atoms with Crippen molar-refractivity contribution in [2.24, 2.45) is 5.73 Å². The van der Waals surface area contributed by atoms with Crippen molar-refractivity contribution in [2.45, 2.75) is 32.7 Å². The Kier molecular flexibility index (Phi) is 4.22. The van der Waals surface area contributed by atoms with Gasteiger partial charge < -0.3 is 5.73 Å². The number of nitrogens with two attached hydrogens (primary N) is 1. The molecule has 0 aliphatic heterocycles. The van der Waals surface area contributed by atoms with Gasteiger partial charge >= 0.3 is 0 Å². The van der Waals surface area contributed by atoms with Crippen LogP contribution in [0, 0.1) is 12.7 Å². The summed E-state index contributed by atoms with van der Waals surface area (Å²) in [5.74, 6) is 0.297. The third-order valence-corrected chi connectivity index (χ3v) is 3.16. The van der Waals surface area contributed by atoms with Crippen molar-refractivity contribution in [3.63, 3.8) is 0 Å². The lowest BCUT2D eigenvalue weighted by Gasteiger charge is -2.08. The van der Waals surface area contributed by atoms with Crippen LogP contribution in [-0.4, -0.2) is 16.0 Å². The quantitative estimate of drug-likeness (QED) is 0.918. The van der Waals surface area contributed by atoms with E-state index >= 15 is 0 Å². The molecule has 1 aromatic carbocycles.